The van der Waals surface area contributed by atoms with E-state index in [1.54, 1.807) is 0 Å². The molecular weight excluding hydrogens is 386 g/mol. The fourth-order valence-electron chi connectivity index (χ4n) is 3.67. The Bertz CT molecular complexity index is 935. The predicted octanol–water partition coefficient (Wildman–Crippen LogP) is 4.38. The van der Waals surface area contributed by atoms with Gasteiger partial charge in [-0.3, -0.25) is 4.90 Å². The highest BCUT2D eigenvalue weighted by Gasteiger charge is 2.16. The molecule has 0 aliphatic carbocycles. The third-order valence-electron chi connectivity index (χ3n) is 5.48. The minimum atomic E-state index is 0. The molecule has 4 rings (SSSR count). The zero-order valence-electron chi connectivity index (χ0n) is 17.3. The minimum absolute atomic E-state index is 0. The van der Waals surface area contributed by atoms with E-state index in [2.05, 4.69) is 65.8 Å². The molecule has 2 aromatic carbocycles. The molecule has 1 aromatic heterocycles. The highest BCUT2D eigenvalue weighted by atomic mass is 35.5. The molecule has 0 saturated carbocycles. The topological polar surface area (TPSA) is 39.5 Å². The molecule has 1 saturated heterocycles. The zero-order valence-corrected chi connectivity index (χ0v) is 18.1. The molecule has 6 heteroatoms. The van der Waals surface area contributed by atoms with Crippen LogP contribution >= 0.6 is 12.4 Å². The van der Waals surface area contributed by atoms with Gasteiger partial charge in [0.25, 0.3) is 0 Å². The number of rotatable bonds is 7. The van der Waals surface area contributed by atoms with Gasteiger partial charge in [0.15, 0.2) is 0 Å². The van der Waals surface area contributed by atoms with E-state index in [1.807, 2.05) is 0 Å². The summed E-state index contributed by atoms with van der Waals surface area (Å²) in [5.74, 6) is 2.08. The summed E-state index contributed by atoms with van der Waals surface area (Å²) in [7, 11) is 0. The lowest BCUT2D eigenvalue weighted by atomic mass is 10.1. The number of aromatic nitrogens is 2. The fraction of sp³-hybridized carbons (Fsp3) is 0.435. The number of benzene rings is 2. The van der Waals surface area contributed by atoms with Crippen molar-refractivity contribution in [3.05, 3.63) is 59.4 Å². The first-order chi connectivity index (χ1) is 13.7. The number of hydrogen-bond donors (Lipinski definition) is 0. The number of aryl methyl sites for hydroxylation is 3. The molecule has 1 aliphatic rings. The second-order valence-corrected chi connectivity index (χ2v) is 7.50. The second-order valence-electron chi connectivity index (χ2n) is 7.50. The van der Waals surface area contributed by atoms with Crippen LogP contribution in [-0.4, -0.2) is 47.4 Å². The molecule has 29 heavy (non-hydrogen) atoms. The summed E-state index contributed by atoms with van der Waals surface area (Å²) >= 11 is 0. The predicted molar refractivity (Wildman–Crippen MR) is 119 cm³/mol. The summed E-state index contributed by atoms with van der Waals surface area (Å²) in [6.45, 7) is 10.3. The molecule has 2 heterocycles. The average Bonchev–Trinajstić information content (AvgIpc) is 3.06. The smallest absolute Gasteiger partial charge is 0.124 e. The summed E-state index contributed by atoms with van der Waals surface area (Å²) in [6.07, 6.45) is 0.948. The Labute approximate surface area is 179 Å². The van der Waals surface area contributed by atoms with Crippen molar-refractivity contribution in [2.75, 3.05) is 32.9 Å². The van der Waals surface area contributed by atoms with Gasteiger partial charge < -0.3 is 14.0 Å². The number of morpholine rings is 1. The van der Waals surface area contributed by atoms with Gasteiger partial charge in [-0.2, -0.15) is 0 Å². The maximum Gasteiger partial charge on any atom is 0.124 e. The van der Waals surface area contributed by atoms with Crippen molar-refractivity contribution in [3.63, 3.8) is 0 Å². The van der Waals surface area contributed by atoms with Gasteiger partial charge in [-0.1, -0.05) is 18.2 Å². The largest absolute Gasteiger partial charge is 0.494 e. The molecule has 156 valence electrons. The number of hydrogen-bond acceptors (Lipinski definition) is 4. The normalized spacial score (nSPS) is 14.7. The zero-order chi connectivity index (χ0) is 19.3. The van der Waals surface area contributed by atoms with Crippen LogP contribution in [0.4, 0.5) is 0 Å². The second kappa shape index (κ2) is 10.1. The highest BCUT2D eigenvalue weighted by molar-refractivity contribution is 5.85. The van der Waals surface area contributed by atoms with E-state index in [0.29, 0.717) is 6.61 Å². The van der Waals surface area contributed by atoms with Crippen molar-refractivity contribution < 1.29 is 9.47 Å². The number of para-hydroxylation sites is 2. The van der Waals surface area contributed by atoms with E-state index in [9.17, 15) is 0 Å². The molecule has 0 amide bonds. The van der Waals surface area contributed by atoms with Crippen LogP contribution in [0.1, 0.15) is 23.4 Å². The fourth-order valence-corrected chi connectivity index (χ4v) is 3.67. The Hall–Kier alpha value is -2.08. The number of halogens is 1. The van der Waals surface area contributed by atoms with Crippen molar-refractivity contribution in [2.24, 2.45) is 0 Å². The summed E-state index contributed by atoms with van der Waals surface area (Å²) in [6, 6.07) is 14.7. The molecule has 5 nitrogen and oxygen atoms in total. The Morgan fingerprint density at radius 3 is 2.62 bits per heavy atom. The number of ether oxygens (including phenoxy) is 2. The van der Waals surface area contributed by atoms with E-state index in [1.165, 1.54) is 16.6 Å². The molecular formula is C23H30ClN3O2. The van der Waals surface area contributed by atoms with Crippen LogP contribution < -0.4 is 4.74 Å². The van der Waals surface area contributed by atoms with E-state index in [-0.39, 0.29) is 12.4 Å². The number of nitrogens with zero attached hydrogens (tertiary/aromatic N) is 3. The van der Waals surface area contributed by atoms with Gasteiger partial charge in [0, 0.05) is 19.6 Å². The van der Waals surface area contributed by atoms with Crippen molar-refractivity contribution in [2.45, 2.75) is 33.4 Å². The Morgan fingerprint density at radius 2 is 1.83 bits per heavy atom. The molecule has 0 N–H and O–H groups in total. The lowest BCUT2D eigenvalue weighted by molar-refractivity contribution is 0.0326. The van der Waals surface area contributed by atoms with Gasteiger partial charge in [-0.25, -0.2) is 4.98 Å². The average molecular weight is 416 g/mol. The highest BCUT2D eigenvalue weighted by Crippen LogP contribution is 2.20. The monoisotopic (exact) mass is 415 g/mol. The van der Waals surface area contributed by atoms with Crippen LogP contribution in [-0.2, 0) is 17.8 Å². The molecule has 0 bridgehead atoms. The molecule has 3 aromatic rings. The van der Waals surface area contributed by atoms with E-state index in [0.717, 1.165) is 62.9 Å². The summed E-state index contributed by atoms with van der Waals surface area (Å²) in [4.78, 5) is 7.33. The van der Waals surface area contributed by atoms with Gasteiger partial charge in [-0.05, 0) is 55.7 Å². The molecule has 1 fully saturated rings. The Kier molecular flexibility index (Phi) is 7.53. The quantitative estimate of drug-likeness (QED) is 0.537. The number of imidazole rings is 1. The molecule has 0 unspecified atom stereocenters. The van der Waals surface area contributed by atoms with Crippen molar-refractivity contribution >= 4 is 23.4 Å². The van der Waals surface area contributed by atoms with E-state index >= 15 is 0 Å². The van der Waals surface area contributed by atoms with Crippen LogP contribution in [0.5, 0.6) is 5.75 Å². The molecule has 0 atom stereocenters. The Balaban J connectivity index is 0.00000240. The van der Waals surface area contributed by atoms with Crippen molar-refractivity contribution in [1.29, 1.82) is 0 Å². The summed E-state index contributed by atoms with van der Waals surface area (Å²) < 4.78 is 13.8. The lowest BCUT2D eigenvalue weighted by Crippen LogP contribution is -2.36. The SMILES string of the molecule is Cc1ccc(OCCCn2c(CN3CCOCC3)nc3ccccc32)cc1C.Cl. The van der Waals surface area contributed by atoms with Gasteiger partial charge >= 0.3 is 0 Å². The number of fused-ring (bicyclic) bond motifs is 1. The lowest BCUT2D eigenvalue weighted by Gasteiger charge is -2.26. The van der Waals surface area contributed by atoms with Gasteiger partial charge in [0.05, 0.1) is 37.4 Å². The van der Waals surface area contributed by atoms with E-state index in [4.69, 9.17) is 14.5 Å². The molecule has 0 spiro atoms. The van der Waals surface area contributed by atoms with Crippen molar-refractivity contribution in [1.82, 2.24) is 14.5 Å². The van der Waals surface area contributed by atoms with Gasteiger partial charge in [-0.15, -0.1) is 12.4 Å². The first kappa shape index (κ1) is 21.6. The third-order valence-corrected chi connectivity index (χ3v) is 5.48. The van der Waals surface area contributed by atoms with Crippen LogP contribution in [0.2, 0.25) is 0 Å². The first-order valence-electron chi connectivity index (χ1n) is 10.1. The van der Waals surface area contributed by atoms with Crippen LogP contribution in [0.15, 0.2) is 42.5 Å². The maximum atomic E-state index is 5.98. The van der Waals surface area contributed by atoms with Gasteiger partial charge in [0.1, 0.15) is 11.6 Å². The van der Waals surface area contributed by atoms with Crippen molar-refractivity contribution in [3.8, 4) is 5.75 Å². The van der Waals surface area contributed by atoms with Gasteiger partial charge in [0.2, 0.25) is 0 Å². The summed E-state index contributed by atoms with van der Waals surface area (Å²) in [5, 5.41) is 0. The maximum absolute atomic E-state index is 5.98. The molecule has 0 radical (unpaired) electrons. The first-order valence-corrected chi connectivity index (χ1v) is 10.1. The third kappa shape index (κ3) is 5.30. The standard InChI is InChI=1S/C23H29N3O2.ClH/c1-18-8-9-20(16-19(18)2)28-13-5-10-26-22-7-4-3-6-21(22)24-23(26)17-25-11-14-27-15-12-25;/h3-4,6-9,16H,5,10-15,17H2,1-2H3;1H. The summed E-state index contributed by atoms with van der Waals surface area (Å²) in [5.41, 5.74) is 4.84. The molecule has 1 aliphatic heterocycles. The van der Waals surface area contributed by atoms with Crippen LogP contribution in [0.25, 0.3) is 11.0 Å². The van der Waals surface area contributed by atoms with E-state index < -0.39 is 0 Å². The van der Waals surface area contributed by atoms with Crippen LogP contribution in [0.3, 0.4) is 0 Å². The Morgan fingerprint density at radius 1 is 1.03 bits per heavy atom. The minimum Gasteiger partial charge on any atom is -0.494 e. The van der Waals surface area contributed by atoms with Crippen LogP contribution in [0, 0.1) is 13.8 Å².